The van der Waals surface area contributed by atoms with Crippen molar-refractivity contribution in [3.8, 4) is 0 Å². The average molecular weight is 290 g/mol. The van der Waals surface area contributed by atoms with Crippen molar-refractivity contribution >= 4 is 17.7 Å². The minimum atomic E-state index is -1.03. The van der Waals surface area contributed by atoms with E-state index < -0.39 is 5.97 Å². The van der Waals surface area contributed by atoms with E-state index in [4.69, 9.17) is 0 Å². The molecule has 21 heavy (non-hydrogen) atoms. The molecule has 1 unspecified atom stereocenters. The number of carboxylic acid groups (broad SMARTS) is 1. The molecule has 0 saturated carbocycles. The Morgan fingerprint density at radius 2 is 2.19 bits per heavy atom. The Balaban J connectivity index is 2.11. The molecule has 1 aliphatic rings. The molecule has 0 aliphatic carbocycles. The van der Waals surface area contributed by atoms with Gasteiger partial charge in [-0.2, -0.15) is 0 Å². The van der Waals surface area contributed by atoms with Crippen LogP contribution in [0.4, 0.5) is 10.5 Å². The summed E-state index contributed by atoms with van der Waals surface area (Å²) in [6.45, 7) is 5.44. The van der Waals surface area contributed by atoms with Crippen LogP contribution in [0.25, 0.3) is 0 Å². The van der Waals surface area contributed by atoms with Crippen molar-refractivity contribution in [3.63, 3.8) is 0 Å². The van der Waals surface area contributed by atoms with Crippen molar-refractivity contribution < 1.29 is 14.7 Å². The van der Waals surface area contributed by atoms with Gasteiger partial charge < -0.3 is 15.3 Å². The highest BCUT2D eigenvalue weighted by molar-refractivity contribution is 6.00. The number of aryl methyl sites for hydroxylation is 1. The number of rotatable bonds is 3. The summed E-state index contributed by atoms with van der Waals surface area (Å²) in [6.07, 6.45) is 3.23. The largest absolute Gasteiger partial charge is 0.478 e. The normalized spacial score (nSPS) is 18.4. The zero-order valence-corrected chi connectivity index (χ0v) is 12.6. The predicted molar refractivity (Wildman–Crippen MR) is 81.7 cm³/mol. The number of hydrogen-bond donors (Lipinski definition) is 2. The zero-order valence-electron chi connectivity index (χ0n) is 12.6. The van der Waals surface area contributed by atoms with Gasteiger partial charge in [-0.05, 0) is 37.8 Å². The summed E-state index contributed by atoms with van der Waals surface area (Å²) in [4.78, 5) is 25.4. The van der Waals surface area contributed by atoms with Crippen LogP contribution in [0, 0.1) is 12.8 Å². The Hall–Kier alpha value is -2.04. The number of nitrogens with one attached hydrogen (secondary N) is 1. The van der Waals surface area contributed by atoms with Crippen LogP contribution in [0.5, 0.6) is 0 Å². The second-order valence-electron chi connectivity index (χ2n) is 5.65. The van der Waals surface area contributed by atoms with Gasteiger partial charge in [-0.15, -0.1) is 0 Å². The molecule has 114 valence electrons. The SMILES string of the molecule is CCC1CCCN(C(=O)Nc2ccc(C)cc2C(=O)O)C1. The molecule has 0 radical (unpaired) electrons. The summed E-state index contributed by atoms with van der Waals surface area (Å²) in [6, 6.07) is 4.81. The molecule has 0 bridgehead atoms. The lowest BCUT2D eigenvalue weighted by molar-refractivity contribution is 0.0698. The summed E-state index contributed by atoms with van der Waals surface area (Å²) in [5.74, 6) is -0.486. The third-order valence-corrected chi connectivity index (χ3v) is 4.03. The molecule has 5 nitrogen and oxygen atoms in total. The van der Waals surface area contributed by atoms with Gasteiger partial charge in [0, 0.05) is 13.1 Å². The van der Waals surface area contributed by atoms with E-state index in [2.05, 4.69) is 12.2 Å². The summed E-state index contributed by atoms with van der Waals surface area (Å²) in [5, 5.41) is 12.0. The molecule has 5 heteroatoms. The molecule has 1 aliphatic heterocycles. The van der Waals surface area contributed by atoms with Gasteiger partial charge in [0.2, 0.25) is 0 Å². The van der Waals surface area contributed by atoms with Gasteiger partial charge in [0.15, 0.2) is 0 Å². The van der Waals surface area contributed by atoms with Crippen LogP contribution in [-0.4, -0.2) is 35.1 Å². The molecule has 1 aromatic carbocycles. The number of piperidine rings is 1. The van der Waals surface area contributed by atoms with Crippen molar-refractivity contribution in [2.75, 3.05) is 18.4 Å². The van der Waals surface area contributed by atoms with Crippen LogP contribution in [-0.2, 0) is 0 Å². The molecule has 2 amide bonds. The Morgan fingerprint density at radius 3 is 2.86 bits per heavy atom. The monoisotopic (exact) mass is 290 g/mol. The highest BCUT2D eigenvalue weighted by Crippen LogP contribution is 2.22. The van der Waals surface area contributed by atoms with Gasteiger partial charge in [-0.25, -0.2) is 9.59 Å². The smallest absolute Gasteiger partial charge is 0.337 e. The summed E-state index contributed by atoms with van der Waals surface area (Å²) in [5.41, 5.74) is 1.35. The van der Waals surface area contributed by atoms with E-state index in [0.717, 1.165) is 37.9 Å². The minimum Gasteiger partial charge on any atom is -0.478 e. The number of hydrogen-bond acceptors (Lipinski definition) is 2. The topological polar surface area (TPSA) is 69.6 Å². The number of carbonyl (C=O) groups excluding carboxylic acids is 1. The van der Waals surface area contributed by atoms with Crippen LogP contribution in [0.3, 0.4) is 0 Å². The Kier molecular flexibility index (Phi) is 4.83. The number of carbonyl (C=O) groups is 2. The number of amides is 2. The minimum absolute atomic E-state index is 0.132. The Bertz CT molecular complexity index is 542. The van der Waals surface area contributed by atoms with Gasteiger partial charge in [0.1, 0.15) is 0 Å². The standard InChI is InChI=1S/C16H22N2O3/c1-3-12-5-4-8-18(10-12)16(21)17-14-7-6-11(2)9-13(14)15(19)20/h6-7,9,12H,3-5,8,10H2,1-2H3,(H,17,21)(H,19,20). The number of nitrogens with zero attached hydrogens (tertiary/aromatic N) is 1. The Morgan fingerprint density at radius 1 is 1.43 bits per heavy atom. The van der Waals surface area contributed by atoms with Crippen LogP contribution < -0.4 is 5.32 Å². The lowest BCUT2D eigenvalue weighted by Crippen LogP contribution is -2.42. The first-order valence-corrected chi connectivity index (χ1v) is 7.41. The molecule has 2 N–H and O–H groups in total. The summed E-state index contributed by atoms with van der Waals surface area (Å²) < 4.78 is 0. The van der Waals surface area contributed by atoms with Crippen LogP contribution >= 0.6 is 0 Å². The fourth-order valence-electron chi connectivity index (χ4n) is 2.72. The van der Waals surface area contributed by atoms with Crippen molar-refractivity contribution in [2.24, 2.45) is 5.92 Å². The second kappa shape index (κ2) is 6.61. The first kappa shape index (κ1) is 15.4. The van der Waals surface area contributed by atoms with Crippen LogP contribution in [0.2, 0.25) is 0 Å². The van der Waals surface area contributed by atoms with E-state index in [1.54, 1.807) is 23.1 Å². The summed E-state index contributed by atoms with van der Waals surface area (Å²) in [7, 11) is 0. The van der Waals surface area contributed by atoms with Gasteiger partial charge in [-0.1, -0.05) is 25.0 Å². The third-order valence-electron chi connectivity index (χ3n) is 4.03. The van der Waals surface area contributed by atoms with Crippen molar-refractivity contribution in [1.29, 1.82) is 0 Å². The maximum absolute atomic E-state index is 12.3. The molecule has 0 aromatic heterocycles. The average Bonchev–Trinajstić information content (AvgIpc) is 2.48. The van der Waals surface area contributed by atoms with Crippen molar-refractivity contribution in [2.45, 2.75) is 33.1 Å². The number of benzene rings is 1. The van der Waals surface area contributed by atoms with Crippen LogP contribution in [0.1, 0.15) is 42.1 Å². The third kappa shape index (κ3) is 3.74. The van der Waals surface area contributed by atoms with E-state index in [-0.39, 0.29) is 11.6 Å². The molecular formula is C16H22N2O3. The number of likely N-dealkylation sites (tertiary alicyclic amines) is 1. The summed E-state index contributed by atoms with van der Waals surface area (Å²) >= 11 is 0. The van der Waals surface area contributed by atoms with Gasteiger partial charge in [0.25, 0.3) is 0 Å². The highest BCUT2D eigenvalue weighted by Gasteiger charge is 2.23. The number of urea groups is 1. The maximum atomic E-state index is 12.3. The molecule has 1 fully saturated rings. The molecule has 1 heterocycles. The quantitative estimate of drug-likeness (QED) is 0.897. The maximum Gasteiger partial charge on any atom is 0.337 e. The lowest BCUT2D eigenvalue weighted by atomic mass is 9.96. The molecule has 0 spiro atoms. The molecule has 2 rings (SSSR count). The van der Waals surface area contributed by atoms with Crippen molar-refractivity contribution in [1.82, 2.24) is 4.90 Å². The molecule has 1 atom stereocenters. The first-order chi connectivity index (χ1) is 10.0. The van der Waals surface area contributed by atoms with Crippen molar-refractivity contribution in [3.05, 3.63) is 29.3 Å². The zero-order chi connectivity index (χ0) is 15.4. The van der Waals surface area contributed by atoms with Crippen LogP contribution in [0.15, 0.2) is 18.2 Å². The first-order valence-electron chi connectivity index (χ1n) is 7.41. The lowest BCUT2D eigenvalue weighted by Gasteiger charge is -2.32. The fraction of sp³-hybridized carbons (Fsp3) is 0.500. The predicted octanol–water partition coefficient (Wildman–Crippen LogP) is 3.35. The van der Waals surface area contributed by atoms with E-state index >= 15 is 0 Å². The molecule has 1 saturated heterocycles. The van der Waals surface area contributed by atoms with Gasteiger partial charge in [0.05, 0.1) is 11.3 Å². The van der Waals surface area contributed by atoms with Gasteiger partial charge >= 0.3 is 12.0 Å². The number of anilines is 1. The fourth-order valence-corrected chi connectivity index (χ4v) is 2.72. The Labute approximate surface area is 125 Å². The number of aromatic carboxylic acids is 1. The van der Waals surface area contributed by atoms with E-state index in [0.29, 0.717) is 11.6 Å². The van der Waals surface area contributed by atoms with E-state index in [9.17, 15) is 14.7 Å². The highest BCUT2D eigenvalue weighted by atomic mass is 16.4. The van der Waals surface area contributed by atoms with E-state index in [1.165, 1.54) is 0 Å². The second-order valence-corrected chi connectivity index (χ2v) is 5.65. The van der Waals surface area contributed by atoms with Gasteiger partial charge in [-0.3, -0.25) is 0 Å². The number of carboxylic acids is 1. The molecule has 1 aromatic rings. The molecular weight excluding hydrogens is 268 g/mol. The van der Waals surface area contributed by atoms with E-state index in [1.807, 2.05) is 6.92 Å².